The van der Waals surface area contributed by atoms with Gasteiger partial charge in [-0.05, 0) is 5.56 Å². The Hall–Kier alpha value is -2.20. The summed E-state index contributed by atoms with van der Waals surface area (Å²) in [5.41, 5.74) is -0.452. The monoisotopic (exact) mass is 428 g/mol. The number of carboxylic acids is 1. The maximum Gasteiger partial charge on any atom is 0.339 e. The lowest BCUT2D eigenvalue weighted by Gasteiger charge is -2.22. The lowest BCUT2D eigenvalue weighted by molar-refractivity contribution is -0.143. The summed E-state index contributed by atoms with van der Waals surface area (Å²) in [5.74, 6) is -4.28. The van der Waals surface area contributed by atoms with Crippen molar-refractivity contribution in [2.24, 2.45) is 0 Å². The number of ether oxygens (including phenoxy) is 2. The van der Waals surface area contributed by atoms with Gasteiger partial charge >= 0.3 is 17.9 Å². The Kier molecular flexibility index (Phi) is 9.70. The van der Waals surface area contributed by atoms with Crippen LogP contribution in [0.2, 0.25) is 0 Å². The Morgan fingerprint density at radius 2 is 1.43 bits per heavy atom. The predicted molar refractivity (Wildman–Crippen MR) is 109 cm³/mol. The van der Waals surface area contributed by atoms with E-state index < -0.39 is 59.0 Å². The molecule has 1 aromatic carbocycles. The van der Waals surface area contributed by atoms with Crippen LogP contribution in [0.25, 0.3) is 0 Å². The molecule has 0 spiro atoms. The summed E-state index contributed by atoms with van der Waals surface area (Å²) in [6.07, 6.45) is -0.931. The molecule has 0 unspecified atom stereocenters. The molecule has 0 fully saturated rings. The van der Waals surface area contributed by atoms with Gasteiger partial charge in [0.05, 0.1) is 41.1 Å². The summed E-state index contributed by atoms with van der Waals surface area (Å²) < 4.78 is 39.2. The zero-order valence-electron chi connectivity index (χ0n) is 15.9. The first-order chi connectivity index (χ1) is 14.0. The number of benzene rings is 1. The topological polar surface area (TPSA) is 144 Å². The third kappa shape index (κ3) is 6.66. The molecular formula is C16H16B4O9S. The van der Waals surface area contributed by atoms with Crippen LogP contribution in [0.1, 0.15) is 43.8 Å². The fourth-order valence-electron chi connectivity index (χ4n) is 2.72. The van der Waals surface area contributed by atoms with Gasteiger partial charge in [-0.3, -0.25) is 9.35 Å². The van der Waals surface area contributed by atoms with Crippen LogP contribution in [0.3, 0.4) is 0 Å². The molecule has 0 aliphatic carbocycles. The van der Waals surface area contributed by atoms with Crippen molar-refractivity contribution in [2.75, 3.05) is 19.0 Å². The molecule has 14 heteroatoms. The molecule has 0 aromatic heterocycles. The summed E-state index contributed by atoms with van der Waals surface area (Å²) in [7, 11) is 18.6. The summed E-state index contributed by atoms with van der Waals surface area (Å²) in [4.78, 5) is 35.8. The van der Waals surface area contributed by atoms with E-state index in [2.05, 4.69) is 4.74 Å². The van der Waals surface area contributed by atoms with Crippen molar-refractivity contribution in [1.82, 2.24) is 0 Å². The van der Waals surface area contributed by atoms with Crippen LogP contribution in [0, 0.1) is 0 Å². The highest BCUT2D eigenvalue weighted by Gasteiger charge is 2.27. The molecule has 0 amide bonds. The van der Waals surface area contributed by atoms with Crippen LogP contribution >= 0.6 is 0 Å². The number of aromatic carboxylic acids is 1. The maximum atomic E-state index is 12.6. The number of esters is 2. The van der Waals surface area contributed by atoms with Crippen LogP contribution in [-0.2, 0) is 43.3 Å². The minimum Gasteiger partial charge on any atom is -0.478 e. The number of hydrogen-bond donors (Lipinski definition) is 2. The molecule has 0 aliphatic rings. The Balaban J connectivity index is 3.05. The van der Waals surface area contributed by atoms with E-state index in [1.807, 2.05) is 0 Å². The molecule has 152 valence electrons. The second-order valence-corrected chi connectivity index (χ2v) is 7.48. The fraction of sp³-hybridized carbons (Fsp3) is 0.438. The number of carbonyl (C=O) groups excluding carboxylic acids is 2. The second-order valence-electron chi connectivity index (χ2n) is 5.91. The number of carbonyl (C=O) groups is 3. The molecule has 2 N–H and O–H groups in total. The van der Waals surface area contributed by atoms with Crippen molar-refractivity contribution in [3.05, 3.63) is 27.8 Å². The maximum absolute atomic E-state index is 12.6. The lowest BCUT2D eigenvalue weighted by atomic mass is 9.70. The molecule has 30 heavy (non-hydrogen) atoms. The minimum absolute atomic E-state index is 0.108. The van der Waals surface area contributed by atoms with Gasteiger partial charge < -0.3 is 14.6 Å². The third-order valence-corrected chi connectivity index (χ3v) is 4.73. The van der Waals surface area contributed by atoms with E-state index in [1.165, 1.54) is 0 Å². The first-order valence-corrected chi connectivity index (χ1v) is 10.2. The molecule has 1 rings (SSSR count). The molecule has 9 nitrogen and oxygen atoms in total. The van der Waals surface area contributed by atoms with Gasteiger partial charge in [0, 0.05) is 0 Å². The molecule has 0 bridgehead atoms. The third-order valence-electron chi connectivity index (χ3n) is 4.05. The van der Waals surface area contributed by atoms with Gasteiger partial charge in [-0.1, -0.05) is 35.6 Å². The van der Waals surface area contributed by atoms with Crippen molar-refractivity contribution >= 4 is 64.9 Å². The van der Waals surface area contributed by atoms with E-state index in [-0.39, 0.29) is 41.1 Å². The van der Waals surface area contributed by atoms with Gasteiger partial charge in [-0.2, -0.15) is 8.42 Å². The van der Waals surface area contributed by atoms with Crippen LogP contribution in [-0.4, -0.2) is 86.3 Å². The molecule has 8 radical (unpaired) electrons. The van der Waals surface area contributed by atoms with E-state index in [0.717, 1.165) is 0 Å². The summed E-state index contributed by atoms with van der Waals surface area (Å²) >= 11 is 0. The minimum atomic E-state index is -4.29. The molecule has 0 saturated heterocycles. The van der Waals surface area contributed by atoms with E-state index in [4.69, 9.17) is 40.7 Å². The molecule has 0 saturated carbocycles. The first kappa shape index (κ1) is 25.8. The van der Waals surface area contributed by atoms with Gasteiger partial charge in [0.2, 0.25) is 0 Å². The Labute approximate surface area is 179 Å². The second kappa shape index (κ2) is 11.3. The highest BCUT2D eigenvalue weighted by molar-refractivity contribution is 7.85. The quantitative estimate of drug-likeness (QED) is 0.236. The average molecular weight is 428 g/mol. The van der Waals surface area contributed by atoms with E-state index in [9.17, 15) is 27.9 Å². The van der Waals surface area contributed by atoms with Crippen LogP contribution < -0.4 is 5.46 Å². The number of carboxylic acid groups (broad SMARTS) is 1. The van der Waals surface area contributed by atoms with Crippen LogP contribution in [0.5, 0.6) is 0 Å². The van der Waals surface area contributed by atoms with Gasteiger partial charge in [-0.25, -0.2) is 9.59 Å². The van der Waals surface area contributed by atoms with E-state index in [0.29, 0.717) is 5.56 Å². The fourth-order valence-corrected chi connectivity index (χ4v) is 3.01. The van der Waals surface area contributed by atoms with Crippen molar-refractivity contribution in [3.8, 4) is 0 Å². The van der Waals surface area contributed by atoms with Gasteiger partial charge in [0.25, 0.3) is 10.1 Å². The van der Waals surface area contributed by atoms with Crippen LogP contribution in [0.15, 0.2) is 0 Å². The highest BCUT2D eigenvalue weighted by atomic mass is 32.2. The zero-order chi connectivity index (χ0) is 23.1. The Bertz CT molecular complexity index is 931. The summed E-state index contributed by atoms with van der Waals surface area (Å²) in [5, 5.41) is 9.53. The van der Waals surface area contributed by atoms with Gasteiger partial charge in [-0.15, -0.1) is 0 Å². The van der Waals surface area contributed by atoms with Gasteiger partial charge in [0.15, 0.2) is 0 Å². The van der Waals surface area contributed by atoms with Crippen molar-refractivity contribution in [2.45, 2.75) is 25.4 Å². The molecule has 0 atom stereocenters. The van der Waals surface area contributed by atoms with Crippen molar-refractivity contribution in [3.63, 3.8) is 0 Å². The molecule has 0 heterocycles. The summed E-state index contributed by atoms with van der Waals surface area (Å²) in [6.45, 7) is -1.08. The number of rotatable bonds is 11. The smallest absolute Gasteiger partial charge is 0.339 e. The largest absolute Gasteiger partial charge is 0.478 e. The van der Waals surface area contributed by atoms with E-state index in [1.54, 1.807) is 0 Å². The van der Waals surface area contributed by atoms with Crippen molar-refractivity contribution < 1.29 is 41.9 Å². The summed E-state index contributed by atoms with van der Waals surface area (Å²) in [6, 6.07) is 0. The molecular weight excluding hydrogens is 411 g/mol. The zero-order valence-corrected chi connectivity index (χ0v) is 16.7. The Morgan fingerprint density at radius 1 is 0.867 bits per heavy atom. The molecule has 1 aromatic rings. The standard InChI is InChI=1S/C16H16B4O9S/c17-5-8-9(6-18)12(13(15(22)23)14(20)10(8)7-19)16(24)29-2-1-11(21)28-3-4-30(25,26)27/h1-7H2,(H,22,23)(H,25,26,27). The SMILES string of the molecule is [B]Cc1c([B])c(C(=O)O)c(C(=O)OCCC(=O)OCCS(=O)(=O)O)c(C[B])c1C[B]. The number of hydrogen-bond acceptors (Lipinski definition) is 7. The normalized spacial score (nSPS) is 11.1. The van der Waals surface area contributed by atoms with Crippen molar-refractivity contribution in [1.29, 1.82) is 0 Å². The Morgan fingerprint density at radius 3 is 1.90 bits per heavy atom. The predicted octanol–water partition coefficient (Wildman–Crippen LogP) is -1.84. The molecule has 0 aliphatic heterocycles. The van der Waals surface area contributed by atoms with E-state index >= 15 is 0 Å². The van der Waals surface area contributed by atoms with Gasteiger partial charge in [0.1, 0.15) is 26.8 Å². The average Bonchev–Trinajstić information content (AvgIpc) is 2.65. The lowest BCUT2D eigenvalue weighted by Crippen LogP contribution is -2.30. The highest BCUT2D eigenvalue weighted by Crippen LogP contribution is 2.24. The first-order valence-electron chi connectivity index (χ1n) is 8.55. The van der Waals surface area contributed by atoms with Crippen LogP contribution in [0.4, 0.5) is 0 Å².